The van der Waals surface area contributed by atoms with Crippen LogP contribution in [0, 0.1) is 0 Å². The molecule has 0 N–H and O–H groups in total. The van der Waals surface area contributed by atoms with Gasteiger partial charge in [0.2, 0.25) is 0 Å². The number of hydrogen-bond donors (Lipinski definition) is 0. The highest BCUT2D eigenvalue weighted by molar-refractivity contribution is 5.94. The quantitative estimate of drug-likeness (QED) is 0.845. The lowest BCUT2D eigenvalue weighted by atomic mass is 9.96. The normalized spacial score (nSPS) is 16.8. The molecule has 126 valence electrons. The minimum Gasteiger partial charge on any atom is -0.496 e. The highest BCUT2D eigenvalue weighted by Crippen LogP contribution is 2.26. The lowest BCUT2D eigenvalue weighted by Crippen LogP contribution is -2.26. The van der Waals surface area contributed by atoms with Gasteiger partial charge < -0.3 is 14.4 Å². The molecular formula is C20H23NO3. The minimum atomic E-state index is 0.0154. The maximum atomic E-state index is 12.8. The molecule has 0 unspecified atom stereocenters. The third kappa shape index (κ3) is 3.60. The molecule has 0 aliphatic carbocycles. The average Bonchev–Trinajstić information content (AvgIpc) is 3.16. The summed E-state index contributed by atoms with van der Waals surface area (Å²) in [6.45, 7) is 2.06. The smallest absolute Gasteiger partial charge is 0.253 e. The first-order valence-electron chi connectivity index (χ1n) is 8.24. The summed E-state index contributed by atoms with van der Waals surface area (Å²) >= 11 is 0. The van der Waals surface area contributed by atoms with Crippen LogP contribution >= 0.6 is 0 Å². The fourth-order valence-electron chi connectivity index (χ4n) is 3.10. The zero-order valence-electron chi connectivity index (χ0n) is 14.2. The zero-order chi connectivity index (χ0) is 16.9. The van der Waals surface area contributed by atoms with E-state index in [1.807, 2.05) is 49.5 Å². The van der Waals surface area contributed by atoms with Gasteiger partial charge in [0, 0.05) is 37.2 Å². The first-order valence-corrected chi connectivity index (χ1v) is 8.24. The van der Waals surface area contributed by atoms with E-state index in [9.17, 15) is 4.79 Å². The first-order chi connectivity index (χ1) is 11.7. The number of hydrogen-bond acceptors (Lipinski definition) is 3. The van der Waals surface area contributed by atoms with Gasteiger partial charge in [-0.25, -0.2) is 0 Å². The molecule has 0 radical (unpaired) electrons. The molecule has 0 saturated carbocycles. The van der Waals surface area contributed by atoms with E-state index in [1.54, 1.807) is 12.0 Å². The van der Waals surface area contributed by atoms with Gasteiger partial charge in [0.1, 0.15) is 5.75 Å². The van der Waals surface area contributed by atoms with Crippen LogP contribution < -0.4 is 4.74 Å². The lowest BCUT2D eigenvalue weighted by molar-refractivity contribution is 0.0784. The third-order valence-electron chi connectivity index (χ3n) is 4.48. The molecule has 24 heavy (non-hydrogen) atoms. The third-order valence-corrected chi connectivity index (χ3v) is 4.48. The van der Waals surface area contributed by atoms with Crippen molar-refractivity contribution >= 4 is 5.91 Å². The monoisotopic (exact) mass is 325 g/mol. The van der Waals surface area contributed by atoms with Crippen LogP contribution in [-0.2, 0) is 11.3 Å². The van der Waals surface area contributed by atoms with Crippen molar-refractivity contribution in [3.05, 3.63) is 65.2 Å². The van der Waals surface area contributed by atoms with Crippen molar-refractivity contribution in [2.75, 3.05) is 27.4 Å². The Morgan fingerprint density at radius 2 is 2.08 bits per heavy atom. The fraction of sp³-hybridized carbons (Fsp3) is 0.350. The molecule has 4 heteroatoms. The van der Waals surface area contributed by atoms with Gasteiger partial charge in [0.25, 0.3) is 5.91 Å². The topological polar surface area (TPSA) is 38.8 Å². The van der Waals surface area contributed by atoms with E-state index in [0.29, 0.717) is 12.5 Å². The summed E-state index contributed by atoms with van der Waals surface area (Å²) < 4.78 is 10.8. The van der Waals surface area contributed by atoms with Crippen molar-refractivity contribution in [2.24, 2.45) is 0 Å². The van der Waals surface area contributed by atoms with Gasteiger partial charge in [0.05, 0.1) is 13.7 Å². The van der Waals surface area contributed by atoms with E-state index >= 15 is 0 Å². The standard InChI is InChI=1S/C20H23NO3/c1-21(13-17-6-3-4-9-19(17)23-2)20(22)16-8-5-7-15(12-16)18-10-11-24-14-18/h3-9,12,18H,10-11,13-14H2,1-2H3/t18-/m1/s1. The molecule has 0 aromatic heterocycles. The second-order valence-corrected chi connectivity index (χ2v) is 6.16. The van der Waals surface area contributed by atoms with Crippen molar-refractivity contribution in [1.29, 1.82) is 0 Å². The van der Waals surface area contributed by atoms with Gasteiger partial charge in [-0.05, 0) is 30.2 Å². The molecule has 1 amide bonds. The van der Waals surface area contributed by atoms with Crippen molar-refractivity contribution in [2.45, 2.75) is 18.9 Å². The Bertz CT molecular complexity index is 708. The van der Waals surface area contributed by atoms with Crippen LogP contribution in [0.1, 0.15) is 33.8 Å². The molecule has 1 aliphatic heterocycles. The number of para-hydroxylation sites is 1. The number of ether oxygens (including phenoxy) is 2. The van der Waals surface area contributed by atoms with Crippen LogP contribution in [-0.4, -0.2) is 38.2 Å². The van der Waals surface area contributed by atoms with Gasteiger partial charge in [-0.15, -0.1) is 0 Å². The number of benzene rings is 2. The van der Waals surface area contributed by atoms with E-state index in [4.69, 9.17) is 9.47 Å². The van der Waals surface area contributed by atoms with Gasteiger partial charge in [-0.2, -0.15) is 0 Å². The van der Waals surface area contributed by atoms with Gasteiger partial charge in [-0.1, -0.05) is 30.3 Å². The minimum absolute atomic E-state index is 0.0154. The predicted octanol–water partition coefficient (Wildman–Crippen LogP) is 3.47. The first kappa shape index (κ1) is 16.5. The van der Waals surface area contributed by atoms with E-state index < -0.39 is 0 Å². The summed E-state index contributed by atoms with van der Waals surface area (Å²) in [6, 6.07) is 15.7. The molecule has 4 nitrogen and oxygen atoms in total. The summed E-state index contributed by atoms with van der Waals surface area (Å²) in [5.74, 6) is 1.22. The lowest BCUT2D eigenvalue weighted by Gasteiger charge is -2.19. The van der Waals surface area contributed by atoms with Gasteiger partial charge >= 0.3 is 0 Å². The maximum Gasteiger partial charge on any atom is 0.253 e. The predicted molar refractivity (Wildman–Crippen MR) is 93.4 cm³/mol. The Morgan fingerprint density at radius 3 is 2.83 bits per heavy atom. The fourth-order valence-corrected chi connectivity index (χ4v) is 3.10. The Labute approximate surface area is 143 Å². The molecule has 1 heterocycles. The van der Waals surface area contributed by atoms with Crippen molar-refractivity contribution < 1.29 is 14.3 Å². The van der Waals surface area contributed by atoms with Crippen molar-refractivity contribution in [3.63, 3.8) is 0 Å². The number of rotatable bonds is 5. The molecule has 1 atom stereocenters. The Morgan fingerprint density at radius 1 is 1.25 bits per heavy atom. The molecule has 3 rings (SSSR count). The van der Waals surface area contributed by atoms with E-state index in [-0.39, 0.29) is 5.91 Å². The Hall–Kier alpha value is -2.33. The van der Waals surface area contributed by atoms with Crippen LogP contribution in [0.25, 0.3) is 0 Å². The maximum absolute atomic E-state index is 12.8. The second kappa shape index (κ2) is 7.49. The molecule has 0 bridgehead atoms. The summed E-state index contributed by atoms with van der Waals surface area (Å²) in [7, 11) is 3.47. The molecule has 1 fully saturated rings. The number of carbonyl (C=O) groups excluding carboxylic acids is 1. The zero-order valence-corrected chi connectivity index (χ0v) is 14.2. The van der Waals surface area contributed by atoms with Crippen LogP contribution in [0.3, 0.4) is 0 Å². The summed E-state index contributed by atoms with van der Waals surface area (Å²) in [6.07, 6.45) is 1.02. The van der Waals surface area contributed by atoms with Crippen LogP contribution in [0.15, 0.2) is 48.5 Å². The number of amides is 1. The SMILES string of the molecule is COc1ccccc1CN(C)C(=O)c1cccc([C@@H]2CCOC2)c1. The number of carbonyl (C=O) groups is 1. The molecule has 1 aliphatic rings. The molecular weight excluding hydrogens is 302 g/mol. The van der Waals surface area contributed by atoms with Crippen LogP contribution in [0.2, 0.25) is 0 Å². The number of methoxy groups -OCH3 is 1. The van der Waals surface area contributed by atoms with E-state index in [1.165, 1.54) is 5.56 Å². The highest BCUT2D eigenvalue weighted by atomic mass is 16.5. The average molecular weight is 325 g/mol. The van der Waals surface area contributed by atoms with E-state index in [0.717, 1.165) is 36.5 Å². The van der Waals surface area contributed by atoms with Crippen molar-refractivity contribution in [1.82, 2.24) is 4.90 Å². The number of nitrogens with zero attached hydrogens (tertiary/aromatic N) is 1. The molecule has 2 aromatic rings. The highest BCUT2D eigenvalue weighted by Gasteiger charge is 2.20. The van der Waals surface area contributed by atoms with Gasteiger partial charge in [0.15, 0.2) is 0 Å². The summed E-state index contributed by atoms with van der Waals surface area (Å²) in [5, 5.41) is 0. The van der Waals surface area contributed by atoms with E-state index in [2.05, 4.69) is 6.07 Å². The van der Waals surface area contributed by atoms with Crippen LogP contribution in [0.5, 0.6) is 5.75 Å². The summed E-state index contributed by atoms with van der Waals surface area (Å²) in [4.78, 5) is 14.5. The largest absolute Gasteiger partial charge is 0.496 e. The Balaban J connectivity index is 1.74. The molecule has 0 spiro atoms. The molecule has 1 saturated heterocycles. The van der Waals surface area contributed by atoms with Gasteiger partial charge in [-0.3, -0.25) is 4.79 Å². The Kier molecular flexibility index (Phi) is 5.16. The van der Waals surface area contributed by atoms with Crippen molar-refractivity contribution in [3.8, 4) is 5.75 Å². The second-order valence-electron chi connectivity index (χ2n) is 6.16. The molecule has 2 aromatic carbocycles. The summed E-state index contributed by atoms with van der Waals surface area (Å²) in [5.41, 5.74) is 2.90. The van der Waals surface area contributed by atoms with Crippen LogP contribution in [0.4, 0.5) is 0 Å².